The summed E-state index contributed by atoms with van der Waals surface area (Å²) >= 11 is 13.7. The molecule has 1 amide bonds. The van der Waals surface area contributed by atoms with Gasteiger partial charge in [0.25, 0.3) is 0 Å². The van der Waals surface area contributed by atoms with Crippen LogP contribution in [0.15, 0.2) is 47.4 Å². The van der Waals surface area contributed by atoms with Gasteiger partial charge >= 0.3 is 0 Å². The van der Waals surface area contributed by atoms with Crippen molar-refractivity contribution in [2.24, 2.45) is 0 Å². The van der Waals surface area contributed by atoms with Crippen molar-refractivity contribution >= 4 is 46.6 Å². The number of nitrogens with one attached hydrogen (secondary N) is 1. The van der Waals surface area contributed by atoms with E-state index in [9.17, 15) is 9.18 Å². The number of thioether (sulfide) groups is 1. The van der Waals surface area contributed by atoms with E-state index >= 15 is 0 Å². The lowest BCUT2D eigenvalue weighted by Crippen LogP contribution is -2.31. The molecule has 24 heavy (non-hydrogen) atoms. The van der Waals surface area contributed by atoms with Crippen LogP contribution in [0.25, 0.3) is 0 Å². The minimum absolute atomic E-state index is 0.181. The van der Waals surface area contributed by atoms with E-state index in [2.05, 4.69) is 5.32 Å². The van der Waals surface area contributed by atoms with E-state index in [1.165, 1.54) is 12.1 Å². The first kappa shape index (κ1) is 19.1. The summed E-state index contributed by atoms with van der Waals surface area (Å²) in [5.74, 6) is 0.369. The summed E-state index contributed by atoms with van der Waals surface area (Å²) in [6, 6.07) is 11.4. The molecule has 0 atom stereocenters. The third-order valence-corrected chi connectivity index (χ3v) is 4.82. The Balaban J connectivity index is 1.76. The number of amides is 1. The van der Waals surface area contributed by atoms with Crippen molar-refractivity contribution in [1.29, 1.82) is 0 Å². The number of benzene rings is 2. The fourth-order valence-corrected chi connectivity index (χ4v) is 3.43. The van der Waals surface area contributed by atoms with Crippen LogP contribution in [-0.4, -0.2) is 36.7 Å². The highest BCUT2D eigenvalue weighted by Crippen LogP contribution is 2.29. The number of nitrogens with zero attached hydrogens (tertiary/aromatic N) is 1. The second kappa shape index (κ2) is 9.28. The second-order valence-corrected chi connectivity index (χ2v) is 7.17. The van der Waals surface area contributed by atoms with Gasteiger partial charge in [0.1, 0.15) is 5.82 Å². The molecule has 128 valence electrons. The lowest BCUT2D eigenvalue weighted by Gasteiger charge is -2.16. The zero-order chi connectivity index (χ0) is 17.5. The molecule has 0 unspecified atom stereocenters. The van der Waals surface area contributed by atoms with E-state index in [1.807, 2.05) is 11.9 Å². The van der Waals surface area contributed by atoms with Crippen molar-refractivity contribution in [2.75, 3.05) is 31.2 Å². The first-order chi connectivity index (χ1) is 11.5. The van der Waals surface area contributed by atoms with Gasteiger partial charge in [-0.05, 0) is 43.4 Å². The van der Waals surface area contributed by atoms with Gasteiger partial charge in [-0.1, -0.05) is 29.3 Å². The van der Waals surface area contributed by atoms with Gasteiger partial charge in [-0.15, -0.1) is 11.8 Å². The lowest BCUT2D eigenvalue weighted by atomic mass is 10.3. The normalized spacial score (nSPS) is 10.9. The number of anilines is 1. The Kier molecular flexibility index (Phi) is 7.37. The highest BCUT2D eigenvalue weighted by molar-refractivity contribution is 7.99. The van der Waals surface area contributed by atoms with Crippen LogP contribution < -0.4 is 5.32 Å². The lowest BCUT2D eigenvalue weighted by molar-refractivity contribution is -0.117. The fourth-order valence-electron chi connectivity index (χ4n) is 1.97. The van der Waals surface area contributed by atoms with E-state index in [0.29, 0.717) is 22.3 Å². The van der Waals surface area contributed by atoms with Gasteiger partial charge in [0.15, 0.2) is 0 Å². The Morgan fingerprint density at radius 1 is 1.17 bits per heavy atom. The Morgan fingerprint density at radius 3 is 2.42 bits per heavy atom. The van der Waals surface area contributed by atoms with E-state index in [0.717, 1.165) is 10.6 Å². The maximum Gasteiger partial charge on any atom is 0.238 e. The number of para-hydroxylation sites is 1. The Morgan fingerprint density at radius 2 is 1.79 bits per heavy atom. The highest BCUT2D eigenvalue weighted by Gasteiger charge is 2.11. The molecule has 0 fully saturated rings. The molecule has 0 radical (unpaired) electrons. The van der Waals surface area contributed by atoms with E-state index < -0.39 is 0 Å². The topological polar surface area (TPSA) is 32.3 Å². The predicted molar refractivity (Wildman–Crippen MR) is 99.7 cm³/mol. The SMILES string of the molecule is CN(CCSc1ccc(F)cc1)CC(=O)Nc1c(Cl)cccc1Cl. The molecule has 0 bridgehead atoms. The summed E-state index contributed by atoms with van der Waals surface area (Å²) in [6.45, 7) is 0.942. The summed E-state index contributed by atoms with van der Waals surface area (Å²) in [6.07, 6.45) is 0. The second-order valence-electron chi connectivity index (χ2n) is 5.18. The highest BCUT2D eigenvalue weighted by atomic mass is 35.5. The van der Waals surface area contributed by atoms with Crippen molar-refractivity contribution in [3.63, 3.8) is 0 Å². The van der Waals surface area contributed by atoms with E-state index in [-0.39, 0.29) is 18.3 Å². The van der Waals surface area contributed by atoms with Crippen LogP contribution >= 0.6 is 35.0 Å². The standard InChI is InChI=1S/C17H17Cl2FN2OS/c1-22(9-10-24-13-7-5-12(20)6-8-13)11-16(23)21-17-14(18)3-2-4-15(17)19/h2-8H,9-11H2,1H3,(H,21,23). The number of rotatable bonds is 7. The van der Waals surface area contributed by atoms with Crippen molar-refractivity contribution in [2.45, 2.75) is 4.90 Å². The molecule has 2 aromatic carbocycles. The zero-order valence-corrected chi connectivity index (χ0v) is 15.4. The Labute approximate surface area is 155 Å². The van der Waals surface area contributed by atoms with Crippen molar-refractivity contribution in [3.05, 3.63) is 58.3 Å². The number of halogens is 3. The van der Waals surface area contributed by atoms with Gasteiger partial charge in [0.2, 0.25) is 5.91 Å². The maximum absolute atomic E-state index is 12.8. The van der Waals surface area contributed by atoms with Crippen molar-refractivity contribution < 1.29 is 9.18 Å². The summed E-state index contributed by atoms with van der Waals surface area (Å²) in [5.41, 5.74) is 0.430. The third-order valence-electron chi connectivity index (χ3n) is 3.20. The molecule has 2 aromatic rings. The number of hydrogen-bond acceptors (Lipinski definition) is 3. The molecule has 7 heteroatoms. The minimum Gasteiger partial charge on any atom is -0.322 e. The van der Waals surface area contributed by atoms with Gasteiger partial charge in [0.05, 0.1) is 22.3 Å². The number of hydrogen-bond donors (Lipinski definition) is 1. The summed E-state index contributed by atoms with van der Waals surface area (Å²) in [7, 11) is 1.86. The molecule has 0 aromatic heterocycles. The summed E-state index contributed by atoms with van der Waals surface area (Å²) in [5, 5.41) is 3.55. The van der Waals surface area contributed by atoms with Crippen molar-refractivity contribution in [1.82, 2.24) is 4.90 Å². The largest absolute Gasteiger partial charge is 0.322 e. The van der Waals surface area contributed by atoms with Crippen LogP contribution in [0.1, 0.15) is 0 Å². The van der Waals surface area contributed by atoms with Crippen LogP contribution in [0.4, 0.5) is 10.1 Å². The quantitative estimate of drug-likeness (QED) is 0.693. The fraction of sp³-hybridized carbons (Fsp3) is 0.235. The maximum atomic E-state index is 12.8. The first-order valence-corrected chi connectivity index (χ1v) is 9.00. The summed E-state index contributed by atoms with van der Waals surface area (Å²) < 4.78 is 12.8. The minimum atomic E-state index is -0.244. The molecule has 0 saturated carbocycles. The molecule has 0 aliphatic rings. The molecule has 2 rings (SSSR count). The molecule has 0 aliphatic carbocycles. The zero-order valence-electron chi connectivity index (χ0n) is 13.1. The molecule has 0 aliphatic heterocycles. The first-order valence-electron chi connectivity index (χ1n) is 7.26. The van der Waals surface area contributed by atoms with Crippen LogP contribution in [0.5, 0.6) is 0 Å². The van der Waals surface area contributed by atoms with Gasteiger partial charge in [-0.2, -0.15) is 0 Å². The molecule has 3 nitrogen and oxygen atoms in total. The monoisotopic (exact) mass is 386 g/mol. The molecular weight excluding hydrogens is 370 g/mol. The van der Waals surface area contributed by atoms with Gasteiger partial charge in [-0.25, -0.2) is 4.39 Å². The van der Waals surface area contributed by atoms with E-state index in [1.54, 1.807) is 42.1 Å². The smallest absolute Gasteiger partial charge is 0.238 e. The van der Waals surface area contributed by atoms with Crippen LogP contribution in [0.3, 0.4) is 0 Å². The molecule has 0 spiro atoms. The van der Waals surface area contributed by atoms with Crippen LogP contribution in [-0.2, 0) is 4.79 Å². The predicted octanol–water partition coefficient (Wildman–Crippen LogP) is 4.80. The number of carbonyl (C=O) groups excluding carboxylic acids is 1. The Bertz CT molecular complexity index is 677. The average Bonchev–Trinajstić information content (AvgIpc) is 2.53. The Hall–Kier alpha value is -1.27. The number of likely N-dealkylation sites (N-methyl/N-ethyl adjacent to an activating group) is 1. The molecule has 1 N–H and O–H groups in total. The molecule has 0 saturated heterocycles. The molecular formula is C17H17Cl2FN2OS. The van der Waals surface area contributed by atoms with Crippen LogP contribution in [0.2, 0.25) is 10.0 Å². The van der Waals surface area contributed by atoms with Crippen molar-refractivity contribution in [3.8, 4) is 0 Å². The number of carbonyl (C=O) groups is 1. The van der Waals surface area contributed by atoms with Gasteiger partial charge in [0, 0.05) is 17.2 Å². The third kappa shape index (κ3) is 5.98. The van der Waals surface area contributed by atoms with Gasteiger partial charge < -0.3 is 5.32 Å². The van der Waals surface area contributed by atoms with E-state index in [4.69, 9.17) is 23.2 Å². The van der Waals surface area contributed by atoms with Crippen LogP contribution in [0, 0.1) is 5.82 Å². The summed E-state index contributed by atoms with van der Waals surface area (Å²) in [4.78, 5) is 15.0. The average molecular weight is 387 g/mol. The molecule has 0 heterocycles. The van der Waals surface area contributed by atoms with Gasteiger partial charge in [-0.3, -0.25) is 9.69 Å².